The minimum absolute atomic E-state index is 0.0659. The standard InChI is InChI=1S/C14H28N2O2S/c1-12(2)16-8-4-3-6-13(16)14(18)15-7-11-19-10-5-9-17/h12-13,17H,3-11H2,1-2H3,(H,15,18). The van der Waals surface area contributed by atoms with Crippen LogP contribution in [-0.4, -0.2) is 59.2 Å². The van der Waals surface area contributed by atoms with Crippen molar-refractivity contribution in [3.8, 4) is 0 Å². The van der Waals surface area contributed by atoms with Crippen molar-refractivity contribution in [3.63, 3.8) is 0 Å². The molecule has 4 nitrogen and oxygen atoms in total. The van der Waals surface area contributed by atoms with E-state index in [0.717, 1.165) is 43.9 Å². The van der Waals surface area contributed by atoms with Gasteiger partial charge in [-0.2, -0.15) is 11.8 Å². The zero-order chi connectivity index (χ0) is 14.1. The van der Waals surface area contributed by atoms with Crippen LogP contribution in [0.2, 0.25) is 0 Å². The van der Waals surface area contributed by atoms with Gasteiger partial charge >= 0.3 is 0 Å². The summed E-state index contributed by atoms with van der Waals surface area (Å²) in [6.45, 7) is 6.36. The summed E-state index contributed by atoms with van der Waals surface area (Å²) in [7, 11) is 0. The van der Waals surface area contributed by atoms with Gasteiger partial charge in [-0.1, -0.05) is 6.42 Å². The van der Waals surface area contributed by atoms with E-state index in [1.165, 1.54) is 6.42 Å². The average Bonchev–Trinajstić information content (AvgIpc) is 2.42. The van der Waals surface area contributed by atoms with Gasteiger partial charge in [0, 0.05) is 24.9 Å². The van der Waals surface area contributed by atoms with E-state index in [2.05, 4.69) is 24.1 Å². The summed E-state index contributed by atoms with van der Waals surface area (Å²) in [5, 5.41) is 11.7. The van der Waals surface area contributed by atoms with Gasteiger partial charge in [-0.3, -0.25) is 9.69 Å². The van der Waals surface area contributed by atoms with Crippen molar-refractivity contribution in [2.45, 2.75) is 51.6 Å². The number of amides is 1. The molecule has 0 aromatic carbocycles. The van der Waals surface area contributed by atoms with Gasteiger partial charge in [-0.15, -0.1) is 0 Å². The summed E-state index contributed by atoms with van der Waals surface area (Å²) in [6, 6.07) is 0.506. The van der Waals surface area contributed by atoms with E-state index >= 15 is 0 Å². The quantitative estimate of drug-likeness (QED) is 0.664. The lowest BCUT2D eigenvalue weighted by Gasteiger charge is -2.37. The molecule has 1 aliphatic rings. The maximum Gasteiger partial charge on any atom is 0.237 e. The molecule has 19 heavy (non-hydrogen) atoms. The Morgan fingerprint density at radius 1 is 1.42 bits per heavy atom. The molecule has 5 heteroatoms. The van der Waals surface area contributed by atoms with Crippen LogP contribution in [-0.2, 0) is 4.79 Å². The Bertz CT molecular complexity index is 262. The highest BCUT2D eigenvalue weighted by atomic mass is 32.2. The molecule has 0 saturated carbocycles. The topological polar surface area (TPSA) is 52.6 Å². The van der Waals surface area contributed by atoms with E-state index < -0.39 is 0 Å². The molecule has 2 N–H and O–H groups in total. The fourth-order valence-electron chi connectivity index (χ4n) is 2.49. The molecule has 1 unspecified atom stereocenters. The summed E-state index contributed by atoms with van der Waals surface area (Å²) < 4.78 is 0. The highest BCUT2D eigenvalue weighted by Crippen LogP contribution is 2.19. The van der Waals surface area contributed by atoms with Crippen molar-refractivity contribution in [1.82, 2.24) is 10.2 Å². The Morgan fingerprint density at radius 2 is 2.21 bits per heavy atom. The van der Waals surface area contributed by atoms with Crippen LogP contribution in [0, 0.1) is 0 Å². The number of thioether (sulfide) groups is 1. The fourth-order valence-corrected chi connectivity index (χ4v) is 3.27. The molecule has 0 bridgehead atoms. The smallest absolute Gasteiger partial charge is 0.237 e. The van der Waals surface area contributed by atoms with E-state index in [9.17, 15) is 4.79 Å². The maximum atomic E-state index is 12.2. The number of aliphatic hydroxyl groups is 1. The van der Waals surface area contributed by atoms with Crippen molar-refractivity contribution in [2.75, 3.05) is 31.2 Å². The van der Waals surface area contributed by atoms with E-state index in [4.69, 9.17) is 5.11 Å². The van der Waals surface area contributed by atoms with Crippen LogP contribution in [0.15, 0.2) is 0 Å². The first-order valence-corrected chi connectivity index (χ1v) is 8.54. The van der Waals surface area contributed by atoms with Crippen LogP contribution in [0.1, 0.15) is 39.5 Å². The van der Waals surface area contributed by atoms with Crippen molar-refractivity contribution in [1.29, 1.82) is 0 Å². The van der Waals surface area contributed by atoms with Crippen LogP contribution < -0.4 is 5.32 Å². The highest BCUT2D eigenvalue weighted by molar-refractivity contribution is 7.99. The molecule has 112 valence electrons. The van der Waals surface area contributed by atoms with Crippen LogP contribution >= 0.6 is 11.8 Å². The van der Waals surface area contributed by atoms with Crippen molar-refractivity contribution >= 4 is 17.7 Å². The molecule has 1 fully saturated rings. The Morgan fingerprint density at radius 3 is 2.89 bits per heavy atom. The van der Waals surface area contributed by atoms with Gasteiger partial charge in [0.05, 0.1) is 6.04 Å². The maximum absolute atomic E-state index is 12.2. The molecular formula is C14H28N2O2S. The highest BCUT2D eigenvalue weighted by Gasteiger charge is 2.29. The number of hydrogen-bond acceptors (Lipinski definition) is 4. The molecule has 1 heterocycles. The van der Waals surface area contributed by atoms with Gasteiger partial charge in [-0.05, 0) is 45.4 Å². The Hall–Kier alpha value is -0.260. The monoisotopic (exact) mass is 288 g/mol. The minimum atomic E-state index is 0.0659. The molecule has 0 aliphatic carbocycles. The molecule has 1 saturated heterocycles. The SMILES string of the molecule is CC(C)N1CCCCC1C(=O)NCCSCCCO. The number of piperidine rings is 1. The summed E-state index contributed by atoms with van der Waals surface area (Å²) in [5.74, 6) is 2.09. The third-order valence-corrected chi connectivity index (χ3v) is 4.57. The molecule has 0 aromatic heterocycles. The van der Waals surface area contributed by atoms with E-state index in [-0.39, 0.29) is 18.6 Å². The Balaban J connectivity index is 2.23. The fraction of sp³-hybridized carbons (Fsp3) is 0.929. The summed E-state index contributed by atoms with van der Waals surface area (Å²) in [4.78, 5) is 14.5. The molecule has 1 atom stereocenters. The number of carbonyl (C=O) groups is 1. The lowest BCUT2D eigenvalue weighted by Crippen LogP contribution is -2.52. The second-order valence-corrected chi connectivity index (χ2v) is 6.55. The van der Waals surface area contributed by atoms with Crippen LogP contribution in [0.25, 0.3) is 0 Å². The number of likely N-dealkylation sites (tertiary alicyclic amines) is 1. The zero-order valence-electron chi connectivity index (χ0n) is 12.2. The number of nitrogens with one attached hydrogen (secondary N) is 1. The molecular weight excluding hydrogens is 260 g/mol. The summed E-state index contributed by atoms with van der Waals surface area (Å²) in [5.41, 5.74) is 0. The number of hydrogen-bond donors (Lipinski definition) is 2. The molecule has 1 amide bonds. The number of carbonyl (C=O) groups excluding carboxylic acids is 1. The number of aliphatic hydroxyl groups excluding tert-OH is 1. The largest absolute Gasteiger partial charge is 0.396 e. The molecule has 0 aromatic rings. The predicted octanol–water partition coefficient (Wildman–Crippen LogP) is 1.48. The average molecular weight is 288 g/mol. The van der Waals surface area contributed by atoms with Gasteiger partial charge in [0.25, 0.3) is 0 Å². The van der Waals surface area contributed by atoms with Crippen molar-refractivity contribution < 1.29 is 9.90 Å². The van der Waals surface area contributed by atoms with E-state index in [1.807, 2.05) is 0 Å². The first kappa shape index (κ1) is 16.8. The van der Waals surface area contributed by atoms with E-state index in [1.54, 1.807) is 11.8 Å². The normalized spacial score (nSPS) is 20.7. The third kappa shape index (κ3) is 6.15. The third-order valence-electron chi connectivity index (χ3n) is 3.50. The van der Waals surface area contributed by atoms with Gasteiger partial charge in [0.1, 0.15) is 0 Å². The number of rotatable bonds is 8. The first-order chi connectivity index (χ1) is 9.16. The minimum Gasteiger partial charge on any atom is -0.396 e. The lowest BCUT2D eigenvalue weighted by molar-refractivity contribution is -0.128. The van der Waals surface area contributed by atoms with Gasteiger partial charge in [-0.25, -0.2) is 0 Å². The van der Waals surface area contributed by atoms with E-state index in [0.29, 0.717) is 6.04 Å². The van der Waals surface area contributed by atoms with Crippen molar-refractivity contribution in [3.05, 3.63) is 0 Å². The molecule has 1 aliphatic heterocycles. The Kier molecular flexibility index (Phi) is 8.50. The van der Waals surface area contributed by atoms with Gasteiger partial charge in [0.15, 0.2) is 0 Å². The Labute approximate surface area is 121 Å². The second kappa shape index (κ2) is 9.61. The van der Waals surface area contributed by atoms with Crippen LogP contribution in [0.3, 0.4) is 0 Å². The van der Waals surface area contributed by atoms with Gasteiger partial charge in [0.2, 0.25) is 5.91 Å². The second-order valence-electron chi connectivity index (χ2n) is 5.32. The molecule has 1 rings (SSSR count). The first-order valence-electron chi connectivity index (χ1n) is 7.39. The van der Waals surface area contributed by atoms with Gasteiger partial charge < -0.3 is 10.4 Å². The van der Waals surface area contributed by atoms with Crippen LogP contribution in [0.5, 0.6) is 0 Å². The number of nitrogens with zero attached hydrogens (tertiary/aromatic N) is 1. The van der Waals surface area contributed by atoms with Crippen LogP contribution in [0.4, 0.5) is 0 Å². The van der Waals surface area contributed by atoms with Crippen molar-refractivity contribution in [2.24, 2.45) is 0 Å². The molecule has 0 radical (unpaired) electrons. The lowest BCUT2D eigenvalue weighted by atomic mass is 10.00. The summed E-state index contributed by atoms with van der Waals surface area (Å²) >= 11 is 1.79. The molecule has 0 spiro atoms. The zero-order valence-corrected chi connectivity index (χ0v) is 13.0. The summed E-state index contributed by atoms with van der Waals surface area (Å²) in [6.07, 6.45) is 4.19. The predicted molar refractivity (Wildman–Crippen MR) is 81.5 cm³/mol.